The van der Waals surface area contributed by atoms with Crippen molar-refractivity contribution in [3.05, 3.63) is 73.2 Å². The molecule has 166 valence electrons. The van der Waals surface area contributed by atoms with Crippen LogP contribution in [0.25, 0.3) is 22.3 Å². The van der Waals surface area contributed by atoms with Gasteiger partial charge in [-0.1, -0.05) is 0 Å². The Hall–Kier alpha value is -4.40. The van der Waals surface area contributed by atoms with Gasteiger partial charge in [0, 0.05) is 60.8 Å². The molecular weight excluding hydrogens is 418 g/mol. The van der Waals surface area contributed by atoms with Crippen LogP contribution in [0.5, 0.6) is 11.5 Å². The van der Waals surface area contributed by atoms with Gasteiger partial charge < -0.3 is 19.4 Å². The maximum atomic E-state index is 5.50. The predicted molar refractivity (Wildman–Crippen MR) is 126 cm³/mol. The van der Waals surface area contributed by atoms with Crippen LogP contribution in [0.3, 0.4) is 0 Å². The number of fused-ring (bicyclic) bond motifs is 1. The van der Waals surface area contributed by atoms with Gasteiger partial charge in [0.2, 0.25) is 0 Å². The molecule has 0 aliphatic carbocycles. The van der Waals surface area contributed by atoms with Gasteiger partial charge >= 0.3 is 0 Å². The summed E-state index contributed by atoms with van der Waals surface area (Å²) < 4.78 is 12.7. The molecule has 0 unspecified atom stereocenters. The highest BCUT2D eigenvalue weighted by molar-refractivity contribution is 5.82. The first kappa shape index (κ1) is 20.5. The van der Waals surface area contributed by atoms with Crippen LogP contribution in [0.2, 0.25) is 0 Å². The summed E-state index contributed by atoms with van der Waals surface area (Å²) in [4.78, 5) is 19.2. The topological polar surface area (TPSA) is 94.0 Å². The van der Waals surface area contributed by atoms with Crippen LogP contribution in [0.1, 0.15) is 5.82 Å². The highest BCUT2D eigenvalue weighted by Crippen LogP contribution is 2.35. The molecule has 0 spiro atoms. The first-order chi connectivity index (χ1) is 16.1. The van der Waals surface area contributed by atoms with E-state index in [-0.39, 0.29) is 0 Å². The van der Waals surface area contributed by atoms with Crippen LogP contribution in [0.15, 0.2) is 67.4 Å². The number of H-pyrrole nitrogens is 1. The van der Waals surface area contributed by atoms with Crippen molar-refractivity contribution in [2.24, 2.45) is 7.05 Å². The largest absolute Gasteiger partial charge is 0.497 e. The fourth-order valence-corrected chi connectivity index (χ4v) is 3.67. The first-order valence-electron chi connectivity index (χ1n) is 10.4. The number of rotatable bonds is 7. The third kappa shape index (κ3) is 4.20. The summed E-state index contributed by atoms with van der Waals surface area (Å²) >= 11 is 0. The summed E-state index contributed by atoms with van der Waals surface area (Å²) in [5.41, 5.74) is 5.13. The number of imidazole rings is 1. The molecule has 1 N–H and O–H groups in total. The fraction of sp³-hybridized carbons (Fsp3) is 0.167. The molecule has 0 radical (unpaired) electrons. The van der Waals surface area contributed by atoms with Gasteiger partial charge in [0.1, 0.15) is 17.3 Å². The van der Waals surface area contributed by atoms with Crippen molar-refractivity contribution >= 4 is 22.4 Å². The molecule has 0 fully saturated rings. The molecule has 0 aliphatic rings. The third-order valence-corrected chi connectivity index (χ3v) is 5.35. The van der Waals surface area contributed by atoms with E-state index in [4.69, 9.17) is 14.5 Å². The Morgan fingerprint density at radius 2 is 1.76 bits per heavy atom. The zero-order chi connectivity index (χ0) is 22.8. The number of aromatic amines is 1. The lowest BCUT2D eigenvalue weighted by atomic mass is 10.2. The van der Waals surface area contributed by atoms with E-state index >= 15 is 0 Å². The van der Waals surface area contributed by atoms with Crippen LogP contribution < -0.4 is 14.4 Å². The molecule has 3 aromatic heterocycles. The molecule has 5 rings (SSSR count). The van der Waals surface area contributed by atoms with Crippen molar-refractivity contribution in [3.63, 3.8) is 0 Å². The van der Waals surface area contributed by atoms with E-state index in [1.165, 1.54) is 0 Å². The standard InChI is InChI=1S/C24H23N7O2/c1-30-14-16(12-28-30)23-13-27-21-5-4-17(10-22(21)29-23)31(15-24-25-6-7-26-24)18-8-19(32-2)11-20(9-18)33-3/h4-14H,15H2,1-3H3,(H,25,26). The van der Waals surface area contributed by atoms with Gasteiger partial charge in [-0.05, 0) is 18.2 Å². The minimum absolute atomic E-state index is 0.518. The molecule has 9 nitrogen and oxygen atoms in total. The molecule has 0 aliphatic heterocycles. The lowest BCUT2D eigenvalue weighted by Crippen LogP contribution is -2.17. The monoisotopic (exact) mass is 441 g/mol. The second-order valence-corrected chi connectivity index (χ2v) is 7.52. The number of hydrogen-bond acceptors (Lipinski definition) is 7. The highest BCUT2D eigenvalue weighted by atomic mass is 16.5. The maximum Gasteiger partial charge on any atom is 0.126 e. The highest BCUT2D eigenvalue weighted by Gasteiger charge is 2.16. The molecule has 33 heavy (non-hydrogen) atoms. The van der Waals surface area contributed by atoms with Crippen molar-refractivity contribution in [3.8, 4) is 22.8 Å². The zero-order valence-electron chi connectivity index (χ0n) is 18.6. The van der Waals surface area contributed by atoms with Crippen molar-refractivity contribution in [1.29, 1.82) is 0 Å². The summed E-state index contributed by atoms with van der Waals surface area (Å²) in [6, 6.07) is 11.8. The van der Waals surface area contributed by atoms with Gasteiger partial charge in [0.15, 0.2) is 0 Å². The Labute approximate surface area is 190 Å². The Morgan fingerprint density at radius 1 is 0.939 bits per heavy atom. The van der Waals surface area contributed by atoms with Crippen molar-refractivity contribution in [2.45, 2.75) is 6.54 Å². The lowest BCUT2D eigenvalue weighted by Gasteiger charge is -2.25. The van der Waals surface area contributed by atoms with Crippen LogP contribution in [0.4, 0.5) is 11.4 Å². The summed E-state index contributed by atoms with van der Waals surface area (Å²) in [6.07, 6.45) is 9.03. The van der Waals surface area contributed by atoms with Gasteiger partial charge in [-0.25, -0.2) is 9.97 Å². The molecular formula is C24H23N7O2. The van der Waals surface area contributed by atoms with Gasteiger partial charge in [-0.2, -0.15) is 5.10 Å². The van der Waals surface area contributed by atoms with Crippen LogP contribution >= 0.6 is 0 Å². The average Bonchev–Trinajstić information content (AvgIpc) is 3.53. The maximum absolute atomic E-state index is 5.50. The average molecular weight is 441 g/mol. The minimum Gasteiger partial charge on any atom is -0.497 e. The SMILES string of the molecule is COc1cc(OC)cc(N(Cc2ncc[nH]2)c2ccc3ncc(-c4cnn(C)c4)nc3c2)c1. The normalized spacial score (nSPS) is 11.0. The lowest BCUT2D eigenvalue weighted by molar-refractivity contribution is 0.394. The zero-order valence-corrected chi connectivity index (χ0v) is 18.6. The quantitative estimate of drug-likeness (QED) is 0.406. The molecule has 9 heteroatoms. The van der Waals surface area contributed by atoms with Crippen molar-refractivity contribution in [1.82, 2.24) is 29.7 Å². The van der Waals surface area contributed by atoms with E-state index in [9.17, 15) is 0 Å². The number of methoxy groups -OCH3 is 2. The van der Waals surface area contributed by atoms with Crippen LogP contribution in [-0.2, 0) is 13.6 Å². The minimum atomic E-state index is 0.518. The third-order valence-electron chi connectivity index (χ3n) is 5.35. The van der Waals surface area contributed by atoms with E-state index in [1.807, 2.05) is 55.8 Å². The Morgan fingerprint density at radius 3 is 2.42 bits per heavy atom. The molecule has 5 aromatic rings. The Bertz CT molecular complexity index is 1370. The predicted octanol–water partition coefficient (Wildman–Crippen LogP) is 4.11. The first-order valence-corrected chi connectivity index (χ1v) is 10.4. The summed E-state index contributed by atoms with van der Waals surface area (Å²) in [5.74, 6) is 2.23. The van der Waals surface area contributed by atoms with E-state index in [2.05, 4.69) is 25.0 Å². The summed E-state index contributed by atoms with van der Waals surface area (Å²) in [5, 5.41) is 4.24. The molecule has 0 saturated carbocycles. The number of anilines is 2. The molecule has 2 aromatic carbocycles. The van der Waals surface area contributed by atoms with Gasteiger partial charge in [-0.15, -0.1) is 0 Å². The number of benzene rings is 2. The summed E-state index contributed by atoms with van der Waals surface area (Å²) in [7, 11) is 5.16. The Kier molecular flexibility index (Phi) is 5.35. The second-order valence-electron chi connectivity index (χ2n) is 7.52. The fourth-order valence-electron chi connectivity index (χ4n) is 3.67. The van der Waals surface area contributed by atoms with Gasteiger partial charge in [-0.3, -0.25) is 9.67 Å². The number of aromatic nitrogens is 6. The second kappa shape index (κ2) is 8.62. The van der Waals surface area contributed by atoms with Crippen molar-refractivity contribution in [2.75, 3.05) is 19.1 Å². The number of nitrogens with one attached hydrogen (secondary N) is 1. The van der Waals surface area contributed by atoms with Gasteiger partial charge in [0.25, 0.3) is 0 Å². The molecule has 0 bridgehead atoms. The van der Waals surface area contributed by atoms with E-state index in [0.717, 1.165) is 39.5 Å². The van der Waals surface area contributed by atoms with E-state index in [1.54, 1.807) is 37.5 Å². The Balaban J connectivity index is 1.61. The van der Waals surface area contributed by atoms with E-state index in [0.29, 0.717) is 18.0 Å². The van der Waals surface area contributed by atoms with E-state index < -0.39 is 0 Å². The number of aryl methyl sites for hydroxylation is 1. The van der Waals surface area contributed by atoms with Crippen LogP contribution in [0, 0.1) is 0 Å². The molecule has 3 heterocycles. The van der Waals surface area contributed by atoms with Crippen molar-refractivity contribution < 1.29 is 9.47 Å². The molecule has 0 atom stereocenters. The number of hydrogen-bond donors (Lipinski definition) is 1. The molecule has 0 saturated heterocycles. The number of nitrogens with zero attached hydrogens (tertiary/aromatic N) is 6. The smallest absolute Gasteiger partial charge is 0.126 e. The van der Waals surface area contributed by atoms with Gasteiger partial charge in [0.05, 0.1) is 49.9 Å². The molecule has 0 amide bonds. The summed E-state index contributed by atoms with van der Waals surface area (Å²) in [6.45, 7) is 0.518. The van der Waals surface area contributed by atoms with Crippen LogP contribution in [-0.4, -0.2) is 43.9 Å². The number of ether oxygens (including phenoxy) is 2.